The fourth-order valence-electron chi connectivity index (χ4n) is 1.05. The first-order valence-corrected chi connectivity index (χ1v) is 5.37. The van der Waals surface area contributed by atoms with E-state index in [-0.39, 0.29) is 0 Å². The van der Waals surface area contributed by atoms with Gasteiger partial charge in [0, 0.05) is 13.1 Å². The molecule has 0 N–H and O–H groups in total. The molecule has 0 aromatic carbocycles. The maximum atomic E-state index is 4.11. The Hall–Kier alpha value is -0.640. The molecule has 0 amide bonds. The van der Waals surface area contributed by atoms with Crippen LogP contribution in [0.3, 0.4) is 0 Å². The zero-order chi connectivity index (χ0) is 10.0. The highest BCUT2D eigenvalue weighted by Gasteiger charge is 2.16. The first-order chi connectivity index (χ1) is 6.02. The molecule has 0 aliphatic heterocycles. The van der Waals surface area contributed by atoms with Crippen molar-refractivity contribution in [1.29, 1.82) is 0 Å². The first kappa shape index (κ1) is 10.4. The van der Waals surface area contributed by atoms with E-state index in [1.807, 2.05) is 6.92 Å². The number of hydrogen-bond donors (Lipinski definition) is 0. The van der Waals surface area contributed by atoms with Gasteiger partial charge in [0.05, 0.1) is 0 Å². The van der Waals surface area contributed by atoms with Gasteiger partial charge in [0.1, 0.15) is 5.01 Å². The van der Waals surface area contributed by atoms with Crippen molar-refractivity contribution in [2.75, 3.05) is 11.9 Å². The van der Waals surface area contributed by atoms with Crippen molar-refractivity contribution < 1.29 is 0 Å². The zero-order valence-corrected chi connectivity index (χ0v) is 9.72. The van der Waals surface area contributed by atoms with Gasteiger partial charge >= 0.3 is 0 Å². The van der Waals surface area contributed by atoms with Gasteiger partial charge in [0.15, 0.2) is 0 Å². The van der Waals surface area contributed by atoms with Gasteiger partial charge in [0.2, 0.25) is 5.13 Å². The number of anilines is 1. The third kappa shape index (κ3) is 2.40. The lowest BCUT2D eigenvalue weighted by molar-refractivity contribution is 0.504. The Balaban J connectivity index is 2.73. The van der Waals surface area contributed by atoms with Crippen molar-refractivity contribution >= 4 is 16.5 Å². The van der Waals surface area contributed by atoms with E-state index in [2.05, 4.69) is 42.9 Å². The Kier molecular flexibility index (Phi) is 3.25. The van der Waals surface area contributed by atoms with Crippen molar-refractivity contribution in [1.82, 2.24) is 10.2 Å². The van der Waals surface area contributed by atoms with Crippen molar-refractivity contribution in [2.45, 2.75) is 33.7 Å². The molecule has 1 aromatic heterocycles. The number of nitrogens with zero attached hydrogens (tertiary/aromatic N) is 3. The van der Waals surface area contributed by atoms with E-state index in [4.69, 9.17) is 0 Å². The van der Waals surface area contributed by atoms with Gasteiger partial charge in [-0.3, -0.25) is 0 Å². The fraction of sp³-hybridized carbons (Fsp3) is 0.778. The lowest BCUT2D eigenvalue weighted by Crippen LogP contribution is -2.32. The van der Waals surface area contributed by atoms with Crippen molar-refractivity contribution in [2.24, 2.45) is 5.92 Å². The van der Waals surface area contributed by atoms with Crippen LogP contribution in [-0.4, -0.2) is 23.3 Å². The normalized spacial score (nSPS) is 13.4. The second-order valence-corrected chi connectivity index (χ2v) is 4.86. The Morgan fingerprint density at radius 2 is 1.85 bits per heavy atom. The van der Waals surface area contributed by atoms with Crippen LogP contribution in [-0.2, 0) is 0 Å². The largest absolute Gasteiger partial charge is 0.347 e. The summed E-state index contributed by atoms with van der Waals surface area (Å²) in [6.07, 6.45) is 0. The van der Waals surface area contributed by atoms with Gasteiger partial charge in [-0.15, -0.1) is 10.2 Å². The molecule has 0 bridgehead atoms. The van der Waals surface area contributed by atoms with E-state index in [0.717, 1.165) is 10.1 Å². The standard InChI is InChI=1S/C9H17N3S/c1-6(2)7(3)12(5)9-11-10-8(4)13-9/h6-7H,1-5H3. The van der Waals surface area contributed by atoms with Crippen LogP contribution >= 0.6 is 11.3 Å². The SMILES string of the molecule is Cc1nnc(N(C)C(C)C(C)C)s1. The molecule has 0 radical (unpaired) electrons. The monoisotopic (exact) mass is 199 g/mol. The molecule has 1 unspecified atom stereocenters. The van der Waals surface area contributed by atoms with E-state index in [1.165, 1.54) is 0 Å². The zero-order valence-electron chi connectivity index (χ0n) is 8.90. The number of rotatable bonds is 3. The molecular formula is C9H17N3S. The maximum absolute atomic E-state index is 4.11. The highest BCUT2D eigenvalue weighted by Crippen LogP contribution is 2.22. The molecule has 0 spiro atoms. The van der Waals surface area contributed by atoms with E-state index >= 15 is 0 Å². The summed E-state index contributed by atoms with van der Waals surface area (Å²) < 4.78 is 0. The minimum absolute atomic E-state index is 0.507. The summed E-state index contributed by atoms with van der Waals surface area (Å²) in [4.78, 5) is 2.19. The molecule has 0 aliphatic carbocycles. The minimum Gasteiger partial charge on any atom is -0.347 e. The molecular weight excluding hydrogens is 182 g/mol. The molecule has 4 heteroatoms. The molecule has 1 atom stereocenters. The van der Waals surface area contributed by atoms with Crippen molar-refractivity contribution in [3.05, 3.63) is 5.01 Å². The Morgan fingerprint density at radius 1 is 1.23 bits per heavy atom. The molecule has 1 aromatic rings. The molecule has 13 heavy (non-hydrogen) atoms. The topological polar surface area (TPSA) is 29.0 Å². The Morgan fingerprint density at radius 3 is 2.23 bits per heavy atom. The molecule has 0 saturated carbocycles. The lowest BCUT2D eigenvalue weighted by atomic mass is 10.1. The fourth-order valence-corrected chi connectivity index (χ4v) is 1.79. The van der Waals surface area contributed by atoms with E-state index in [0.29, 0.717) is 12.0 Å². The molecule has 1 rings (SSSR count). The third-order valence-electron chi connectivity index (χ3n) is 2.39. The maximum Gasteiger partial charge on any atom is 0.208 e. The first-order valence-electron chi connectivity index (χ1n) is 4.55. The highest BCUT2D eigenvalue weighted by atomic mass is 32.1. The van der Waals surface area contributed by atoms with Crippen LogP contribution < -0.4 is 4.90 Å². The van der Waals surface area contributed by atoms with Gasteiger partial charge in [-0.2, -0.15) is 0 Å². The van der Waals surface area contributed by atoms with Gasteiger partial charge in [-0.1, -0.05) is 25.2 Å². The average molecular weight is 199 g/mol. The van der Waals surface area contributed by atoms with E-state index in [9.17, 15) is 0 Å². The smallest absolute Gasteiger partial charge is 0.208 e. The summed E-state index contributed by atoms with van der Waals surface area (Å²) in [6, 6.07) is 0.507. The van der Waals surface area contributed by atoms with Crippen LogP contribution in [0.4, 0.5) is 5.13 Å². The van der Waals surface area contributed by atoms with Gasteiger partial charge < -0.3 is 4.90 Å². The van der Waals surface area contributed by atoms with Gasteiger partial charge in [-0.05, 0) is 19.8 Å². The second-order valence-electron chi connectivity index (χ2n) is 3.70. The predicted octanol–water partition coefficient (Wildman–Crippen LogP) is 2.33. The van der Waals surface area contributed by atoms with E-state index < -0.39 is 0 Å². The predicted molar refractivity (Wildman–Crippen MR) is 57.3 cm³/mol. The summed E-state index contributed by atoms with van der Waals surface area (Å²) in [7, 11) is 2.07. The van der Waals surface area contributed by atoms with Crippen LogP contribution in [0, 0.1) is 12.8 Å². The van der Waals surface area contributed by atoms with Crippen LogP contribution in [0.15, 0.2) is 0 Å². The minimum atomic E-state index is 0.507. The number of aromatic nitrogens is 2. The lowest BCUT2D eigenvalue weighted by Gasteiger charge is -2.26. The molecule has 3 nitrogen and oxygen atoms in total. The molecule has 74 valence electrons. The van der Waals surface area contributed by atoms with Crippen LogP contribution in [0.2, 0.25) is 0 Å². The summed E-state index contributed by atoms with van der Waals surface area (Å²) in [6.45, 7) is 8.63. The summed E-state index contributed by atoms with van der Waals surface area (Å²) >= 11 is 1.65. The second kappa shape index (κ2) is 4.05. The average Bonchev–Trinajstić information content (AvgIpc) is 2.49. The molecule has 0 saturated heterocycles. The number of aryl methyl sites for hydroxylation is 1. The Labute approximate surface area is 83.8 Å². The number of hydrogen-bond acceptors (Lipinski definition) is 4. The molecule has 1 heterocycles. The van der Waals surface area contributed by atoms with Crippen molar-refractivity contribution in [3.63, 3.8) is 0 Å². The molecule has 0 fully saturated rings. The van der Waals surface area contributed by atoms with Crippen LogP contribution in [0.1, 0.15) is 25.8 Å². The Bertz CT molecular complexity index is 270. The summed E-state index contributed by atoms with van der Waals surface area (Å²) in [5.74, 6) is 0.634. The van der Waals surface area contributed by atoms with Gasteiger partial charge in [-0.25, -0.2) is 0 Å². The van der Waals surface area contributed by atoms with Crippen LogP contribution in [0.25, 0.3) is 0 Å². The molecule has 0 aliphatic rings. The summed E-state index contributed by atoms with van der Waals surface area (Å²) in [5.41, 5.74) is 0. The third-order valence-corrected chi connectivity index (χ3v) is 3.32. The van der Waals surface area contributed by atoms with Crippen LogP contribution in [0.5, 0.6) is 0 Å². The van der Waals surface area contributed by atoms with Crippen molar-refractivity contribution in [3.8, 4) is 0 Å². The van der Waals surface area contributed by atoms with Gasteiger partial charge in [0.25, 0.3) is 0 Å². The quantitative estimate of drug-likeness (QED) is 0.748. The summed E-state index contributed by atoms with van der Waals surface area (Å²) in [5, 5.41) is 10.2. The van der Waals surface area contributed by atoms with E-state index in [1.54, 1.807) is 11.3 Å². The highest BCUT2D eigenvalue weighted by molar-refractivity contribution is 7.15.